The van der Waals surface area contributed by atoms with E-state index in [0.29, 0.717) is 61.0 Å². The molecular weight excluding hydrogens is 515 g/mol. The molecule has 3 aromatic rings. The molecule has 2 N–H and O–H groups in total. The van der Waals surface area contributed by atoms with Crippen LogP contribution in [0.5, 0.6) is 5.75 Å². The van der Waals surface area contributed by atoms with Crippen LogP contribution >= 0.6 is 23.4 Å². The Balaban J connectivity index is 1.43. The van der Waals surface area contributed by atoms with Crippen LogP contribution < -0.4 is 10.1 Å². The van der Waals surface area contributed by atoms with Crippen LogP contribution in [0.4, 0.5) is 4.39 Å². The van der Waals surface area contributed by atoms with Crippen molar-refractivity contribution in [2.75, 3.05) is 32.5 Å². The van der Waals surface area contributed by atoms with Crippen molar-refractivity contribution >= 4 is 40.2 Å². The minimum Gasteiger partial charge on any atom is -0.497 e. The highest BCUT2D eigenvalue weighted by Gasteiger charge is 2.42. The third-order valence-corrected chi connectivity index (χ3v) is 8.24. The topological polar surface area (TPSA) is 87.6 Å². The van der Waals surface area contributed by atoms with Crippen LogP contribution in [-0.4, -0.2) is 58.6 Å². The average molecular weight is 547 g/mol. The van der Waals surface area contributed by atoms with Crippen molar-refractivity contribution in [1.82, 2.24) is 20.3 Å². The second kappa shape index (κ2) is 12.9. The van der Waals surface area contributed by atoms with Gasteiger partial charge in [0.2, 0.25) is 0 Å². The molecule has 1 aromatic carbocycles. The van der Waals surface area contributed by atoms with Gasteiger partial charge in [0.25, 0.3) is 5.91 Å². The number of pyridine rings is 2. The van der Waals surface area contributed by atoms with Crippen molar-refractivity contribution in [2.45, 2.75) is 43.3 Å². The van der Waals surface area contributed by atoms with Crippen LogP contribution in [0.1, 0.15) is 43.8 Å². The minimum atomic E-state index is -1.40. The third kappa shape index (κ3) is 6.71. The smallest absolute Gasteiger partial charge is 0.252 e. The van der Waals surface area contributed by atoms with Gasteiger partial charge in [0, 0.05) is 35.6 Å². The number of aromatic nitrogens is 2. The minimum absolute atomic E-state index is 0.102. The Morgan fingerprint density at radius 1 is 1.30 bits per heavy atom. The zero-order valence-corrected chi connectivity index (χ0v) is 22.4. The lowest BCUT2D eigenvalue weighted by atomic mass is 9.73. The van der Waals surface area contributed by atoms with Crippen LogP contribution in [0.15, 0.2) is 53.8 Å². The first-order chi connectivity index (χ1) is 17.9. The number of alkyl halides is 1. The number of thioether (sulfide) groups is 1. The van der Waals surface area contributed by atoms with Gasteiger partial charge in [-0.05, 0) is 75.5 Å². The van der Waals surface area contributed by atoms with E-state index in [-0.39, 0.29) is 23.9 Å². The summed E-state index contributed by atoms with van der Waals surface area (Å²) in [5, 5.41) is 16.5. The number of amides is 1. The van der Waals surface area contributed by atoms with E-state index in [1.165, 1.54) is 6.20 Å². The Bertz CT molecular complexity index is 1200. The molecule has 1 atom stereocenters. The van der Waals surface area contributed by atoms with Crippen molar-refractivity contribution in [2.24, 2.45) is 5.41 Å². The molecule has 0 aliphatic carbocycles. The molecule has 1 saturated heterocycles. The van der Waals surface area contributed by atoms with Gasteiger partial charge in [0.1, 0.15) is 11.9 Å². The van der Waals surface area contributed by atoms with E-state index < -0.39 is 11.6 Å². The molecular formula is C27H32ClFN4O3S. The van der Waals surface area contributed by atoms with E-state index >= 15 is 4.39 Å². The molecule has 7 nitrogen and oxygen atoms in total. The number of hydroxylamine groups is 2. The molecule has 0 radical (unpaired) electrons. The summed E-state index contributed by atoms with van der Waals surface area (Å²) in [4.78, 5) is 22.0. The molecule has 2 aromatic heterocycles. The molecule has 1 fully saturated rings. The summed E-state index contributed by atoms with van der Waals surface area (Å²) in [6, 6.07) is 11.0. The van der Waals surface area contributed by atoms with E-state index in [1.807, 2.05) is 18.2 Å². The second-order valence-corrected chi connectivity index (χ2v) is 10.8. The quantitative estimate of drug-likeness (QED) is 0.135. The lowest BCUT2D eigenvalue weighted by molar-refractivity contribution is -0.180. The SMILES string of the molecule is COc1ccc2ncc(Cl)c([C@H](F)CCC3(C(=O)N(O)CCCSc4ccccn4)CCNCC3)c2c1. The number of nitrogens with one attached hydrogen (secondary N) is 1. The highest BCUT2D eigenvalue weighted by Crippen LogP contribution is 2.42. The molecule has 0 bridgehead atoms. The van der Waals surface area contributed by atoms with Gasteiger partial charge in [-0.15, -0.1) is 11.8 Å². The number of hydrogen-bond donors (Lipinski definition) is 2. The molecule has 1 amide bonds. The molecule has 4 rings (SSSR count). The molecule has 198 valence electrons. The van der Waals surface area contributed by atoms with Gasteiger partial charge in [-0.3, -0.25) is 15.0 Å². The van der Waals surface area contributed by atoms with Gasteiger partial charge in [-0.2, -0.15) is 0 Å². The van der Waals surface area contributed by atoms with E-state index in [9.17, 15) is 10.0 Å². The highest BCUT2D eigenvalue weighted by atomic mass is 35.5. The lowest BCUT2D eigenvalue weighted by Crippen LogP contribution is -2.48. The van der Waals surface area contributed by atoms with Crippen LogP contribution in [-0.2, 0) is 4.79 Å². The van der Waals surface area contributed by atoms with Crippen molar-refractivity contribution in [3.8, 4) is 5.75 Å². The van der Waals surface area contributed by atoms with Gasteiger partial charge in [0.15, 0.2) is 0 Å². The van der Waals surface area contributed by atoms with Gasteiger partial charge >= 0.3 is 0 Å². The number of carbonyl (C=O) groups excluding carboxylic acids is 1. The second-order valence-electron chi connectivity index (χ2n) is 9.24. The van der Waals surface area contributed by atoms with Gasteiger partial charge in [0.05, 0.1) is 28.1 Å². The Hall–Kier alpha value is -2.46. The van der Waals surface area contributed by atoms with E-state index in [1.54, 1.807) is 43.3 Å². The highest BCUT2D eigenvalue weighted by molar-refractivity contribution is 7.99. The molecule has 0 unspecified atom stereocenters. The molecule has 1 aliphatic heterocycles. The van der Waals surface area contributed by atoms with Crippen LogP contribution in [0.2, 0.25) is 5.02 Å². The number of carbonyl (C=O) groups is 1. The number of ether oxygens (including phenoxy) is 1. The number of piperidine rings is 1. The van der Waals surface area contributed by atoms with Crippen molar-refractivity contribution < 1.29 is 19.1 Å². The summed E-state index contributed by atoms with van der Waals surface area (Å²) >= 11 is 7.98. The summed E-state index contributed by atoms with van der Waals surface area (Å²) in [5.74, 6) is 0.975. The van der Waals surface area contributed by atoms with Crippen LogP contribution in [0.25, 0.3) is 10.9 Å². The normalized spacial score (nSPS) is 15.9. The predicted octanol–water partition coefficient (Wildman–Crippen LogP) is 5.85. The van der Waals surface area contributed by atoms with Gasteiger partial charge in [-0.25, -0.2) is 14.4 Å². The fourth-order valence-electron chi connectivity index (χ4n) is 4.84. The lowest BCUT2D eigenvalue weighted by Gasteiger charge is -2.38. The number of fused-ring (bicyclic) bond motifs is 1. The predicted molar refractivity (Wildman–Crippen MR) is 144 cm³/mol. The zero-order valence-electron chi connectivity index (χ0n) is 20.8. The van der Waals surface area contributed by atoms with Gasteiger partial charge in [-0.1, -0.05) is 17.7 Å². The summed E-state index contributed by atoms with van der Waals surface area (Å²) in [7, 11) is 1.55. The maximum Gasteiger partial charge on any atom is 0.252 e. The molecule has 0 spiro atoms. The Morgan fingerprint density at radius 3 is 2.84 bits per heavy atom. The van der Waals surface area contributed by atoms with Crippen molar-refractivity contribution in [1.29, 1.82) is 0 Å². The first-order valence-electron chi connectivity index (χ1n) is 12.5. The number of rotatable bonds is 11. The number of hydrogen-bond acceptors (Lipinski definition) is 7. The maximum atomic E-state index is 15.8. The molecule has 3 heterocycles. The maximum absolute atomic E-state index is 15.8. The Kier molecular flexibility index (Phi) is 9.59. The number of nitrogens with zero attached hydrogens (tertiary/aromatic N) is 3. The Labute approximate surface area is 225 Å². The van der Waals surface area contributed by atoms with Gasteiger partial charge < -0.3 is 10.1 Å². The summed E-state index contributed by atoms with van der Waals surface area (Å²) < 4.78 is 21.1. The molecule has 10 heteroatoms. The first kappa shape index (κ1) is 27.6. The Morgan fingerprint density at radius 2 is 2.11 bits per heavy atom. The van der Waals surface area contributed by atoms with Crippen LogP contribution in [0.3, 0.4) is 0 Å². The molecule has 0 saturated carbocycles. The molecule has 37 heavy (non-hydrogen) atoms. The summed E-state index contributed by atoms with van der Waals surface area (Å²) in [6.07, 6.45) is 3.90. The largest absolute Gasteiger partial charge is 0.497 e. The van der Waals surface area contributed by atoms with Crippen molar-refractivity contribution in [3.63, 3.8) is 0 Å². The number of methoxy groups -OCH3 is 1. The number of halogens is 2. The zero-order chi connectivity index (χ0) is 26.3. The van der Waals surface area contributed by atoms with E-state index in [0.717, 1.165) is 15.8 Å². The monoisotopic (exact) mass is 546 g/mol. The standard InChI is InChI=1S/C27H32ClFN4O3S/c1-36-19-6-7-23-20(17-19)25(21(28)18-32-23)22(29)8-9-27(10-13-30-14-11-27)26(34)33(35)15-4-16-37-24-5-2-3-12-31-24/h2-3,5-7,12,17-18,22,30,35H,4,8-11,13-16H2,1H3/t22-/m1/s1. The summed E-state index contributed by atoms with van der Waals surface area (Å²) in [6.45, 7) is 1.50. The fraction of sp³-hybridized carbons (Fsp3) is 0.444. The summed E-state index contributed by atoms with van der Waals surface area (Å²) in [5.41, 5.74) is 0.154. The molecule has 1 aliphatic rings. The number of benzene rings is 1. The van der Waals surface area contributed by atoms with Crippen molar-refractivity contribution in [3.05, 3.63) is 59.4 Å². The van der Waals surface area contributed by atoms with E-state index in [4.69, 9.17) is 16.3 Å². The third-order valence-electron chi connectivity index (χ3n) is 6.91. The van der Waals surface area contributed by atoms with E-state index in [2.05, 4.69) is 15.3 Å². The van der Waals surface area contributed by atoms with Crippen LogP contribution in [0, 0.1) is 5.41 Å². The first-order valence-corrected chi connectivity index (χ1v) is 13.8. The average Bonchev–Trinajstić information content (AvgIpc) is 2.94. The fourth-order valence-corrected chi connectivity index (χ4v) is 5.90.